The third-order valence-electron chi connectivity index (χ3n) is 12.6. The molecule has 5 rings (SSSR count). The summed E-state index contributed by atoms with van der Waals surface area (Å²) in [5.41, 5.74) is 1.35. The van der Waals surface area contributed by atoms with Crippen LogP contribution in [0.4, 0.5) is 0 Å². The van der Waals surface area contributed by atoms with E-state index in [2.05, 4.69) is 56.4 Å². The number of carbonyl (C=O) groups excluding carboxylic acids is 2. The average molecular weight is 567 g/mol. The Bertz CT molecular complexity index is 1040. The second-order valence-corrected chi connectivity index (χ2v) is 14.4. The summed E-state index contributed by atoms with van der Waals surface area (Å²) in [4.78, 5) is 28.5. The van der Waals surface area contributed by atoms with Crippen LogP contribution in [0.1, 0.15) is 90.5 Å². The number of benzene rings is 1. The molecule has 6 nitrogen and oxygen atoms in total. The van der Waals surface area contributed by atoms with E-state index in [1.807, 2.05) is 0 Å². The van der Waals surface area contributed by atoms with E-state index in [1.54, 1.807) is 4.90 Å². The molecule has 6 heteroatoms. The molecule has 4 fully saturated rings. The van der Waals surface area contributed by atoms with Gasteiger partial charge in [0.1, 0.15) is 5.78 Å². The number of rotatable bonds is 11. The van der Waals surface area contributed by atoms with Gasteiger partial charge in [-0.3, -0.25) is 9.59 Å². The van der Waals surface area contributed by atoms with Gasteiger partial charge < -0.3 is 20.4 Å². The molecule has 4 aliphatic carbocycles. The lowest BCUT2D eigenvalue weighted by Gasteiger charge is -2.60. The van der Waals surface area contributed by atoms with Crippen LogP contribution in [-0.4, -0.2) is 59.1 Å². The molecule has 0 heterocycles. The summed E-state index contributed by atoms with van der Waals surface area (Å²) in [5, 5.41) is 22.5. The number of Topliss-reactive ketones (excluding diaryl/α,β-unsaturated/α-hetero) is 1. The van der Waals surface area contributed by atoms with Gasteiger partial charge in [-0.1, -0.05) is 51.1 Å². The first-order chi connectivity index (χ1) is 19.7. The summed E-state index contributed by atoms with van der Waals surface area (Å²) < 4.78 is 0. The number of hydrogen-bond donors (Lipinski definition) is 3. The zero-order valence-corrected chi connectivity index (χ0v) is 25.7. The second kappa shape index (κ2) is 12.9. The highest BCUT2D eigenvalue weighted by Crippen LogP contribution is 2.67. The largest absolute Gasteiger partial charge is 0.395 e. The molecular weight excluding hydrogens is 512 g/mol. The van der Waals surface area contributed by atoms with Gasteiger partial charge in [-0.25, -0.2) is 0 Å². The predicted octanol–water partition coefficient (Wildman–Crippen LogP) is 5.21. The molecule has 4 aliphatic rings. The molecule has 1 aromatic rings. The van der Waals surface area contributed by atoms with E-state index in [1.165, 1.54) is 37.7 Å². The van der Waals surface area contributed by atoms with Crippen LogP contribution in [0, 0.1) is 46.3 Å². The van der Waals surface area contributed by atoms with Gasteiger partial charge in [-0.15, -0.1) is 0 Å². The molecule has 3 N–H and O–H groups in total. The lowest BCUT2D eigenvalue weighted by Crippen LogP contribution is -2.58. The third-order valence-corrected chi connectivity index (χ3v) is 12.6. The minimum Gasteiger partial charge on any atom is -0.395 e. The van der Waals surface area contributed by atoms with Gasteiger partial charge in [0, 0.05) is 43.9 Å². The highest BCUT2D eigenvalue weighted by atomic mass is 16.3. The van der Waals surface area contributed by atoms with Crippen LogP contribution in [0.5, 0.6) is 0 Å². The maximum atomic E-state index is 14.2. The molecule has 4 saturated carbocycles. The van der Waals surface area contributed by atoms with Crippen molar-refractivity contribution in [2.24, 2.45) is 46.3 Å². The molecule has 1 amide bonds. The highest BCUT2D eigenvalue weighted by molar-refractivity contribution is 5.87. The minimum absolute atomic E-state index is 0.00482. The van der Waals surface area contributed by atoms with Crippen LogP contribution in [0.3, 0.4) is 0 Å². The smallest absolute Gasteiger partial charge is 0.222 e. The Morgan fingerprint density at radius 3 is 2.46 bits per heavy atom. The van der Waals surface area contributed by atoms with Crippen molar-refractivity contribution < 1.29 is 19.8 Å². The van der Waals surface area contributed by atoms with E-state index in [0.29, 0.717) is 53.8 Å². The van der Waals surface area contributed by atoms with Crippen LogP contribution < -0.4 is 5.32 Å². The monoisotopic (exact) mass is 566 g/mol. The Hall–Kier alpha value is -1.76. The molecule has 0 bridgehead atoms. The van der Waals surface area contributed by atoms with Crippen molar-refractivity contribution >= 4 is 11.7 Å². The molecule has 0 aromatic heterocycles. The van der Waals surface area contributed by atoms with E-state index < -0.39 is 0 Å². The topological polar surface area (TPSA) is 89.9 Å². The zero-order chi connectivity index (χ0) is 29.2. The Kier molecular flexibility index (Phi) is 9.62. The SMILES string of the molecule is C[C@H](CCC(=O)N(CCO)CCO)[C@H]1CC[C@H]2[C@@H]3CC[C@@H]4C[C@@H](NCc5ccccc5)CC[C@]4(C)[C@H]3CC(=O)[C@]12C. The predicted molar refractivity (Wildman–Crippen MR) is 162 cm³/mol. The van der Waals surface area contributed by atoms with Crippen molar-refractivity contribution in [1.82, 2.24) is 10.2 Å². The lowest BCUT2D eigenvalue weighted by molar-refractivity contribution is -0.158. The number of nitrogens with one attached hydrogen (secondary N) is 1. The van der Waals surface area contributed by atoms with Gasteiger partial charge in [-0.2, -0.15) is 0 Å². The first kappa shape index (κ1) is 30.7. The molecule has 0 unspecified atom stereocenters. The summed E-state index contributed by atoms with van der Waals surface area (Å²) in [7, 11) is 0. The number of fused-ring (bicyclic) bond motifs is 5. The number of hydrogen-bond acceptors (Lipinski definition) is 5. The van der Waals surface area contributed by atoms with Gasteiger partial charge in [0.25, 0.3) is 0 Å². The van der Waals surface area contributed by atoms with E-state index in [0.717, 1.165) is 32.2 Å². The number of nitrogens with zero attached hydrogens (tertiary/aromatic N) is 1. The van der Waals surface area contributed by atoms with Crippen molar-refractivity contribution in [3.8, 4) is 0 Å². The molecule has 1 aromatic carbocycles. The third kappa shape index (κ3) is 5.90. The first-order valence-corrected chi connectivity index (χ1v) is 16.5. The number of aliphatic hydroxyl groups excluding tert-OH is 2. The zero-order valence-electron chi connectivity index (χ0n) is 25.7. The molecule has 0 spiro atoms. The van der Waals surface area contributed by atoms with Crippen LogP contribution in [-0.2, 0) is 16.1 Å². The van der Waals surface area contributed by atoms with Crippen LogP contribution in [0.2, 0.25) is 0 Å². The van der Waals surface area contributed by atoms with Gasteiger partial charge in [0.2, 0.25) is 5.91 Å². The van der Waals surface area contributed by atoms with Crippen LogP contribution >= 0.6 is 0 Å². The fourth-order valence-electron chi connectivity index (χ4n) is 10.3. The molecule has 228 valence electrons. The van der Waals surface area contributed by atoms with E-state index >= 15 is 0 Å². The van der Waals surface area contributed by atoms with Crippen molar-refractivity contribution in [2.75, 3.05) is 26.3 Å². The molecule has 0 radical (unpaired) electrons. The first-order valence-electron chi connectivity index (χ1n) is 16.5. The molecule has 9 atom stereocenters. The Balaban J connectivity index is 1.21. The fourth-order valence-corrected chi connectivity index (χ4v) is 10.3. The lowest BCUT2D eigenvalue weighted by atomic mass is 9.44. The van der Waals surface area contributed by atoms with Gasteiger partial charge in [0.15, 0.2) is 0 Å². The Morgan fingerprint density at radius 1 is 1.02 bits per heavy atom. The Morgan fingerprint density at radius 2 is 1.76 bits per heavy atom. The van der Waals surface area contributed by atoms with Crippen LogP contribution in [0.25, 0.3) is 0 Å². The van der Waals surface area contributed by atoms with Crippen molar-refractivity contribution in [1.29, 1.82) is 0 Å². The van der Waals surface area contributed by atoms with E-state index in [9.17, 15) is 19.8 Å². The number of ketones is 1. The van der Waals surface area contributed by atoms with Crippen molar-refractivity contribution in [2.45, 2.75) is 97.6 Å². The fraction of sp³-hybridized carbons (Fsp3) is 0.771. The number of carbonyl (C=O) groups is 2. The second-order valence-electron chi connectivity index (χ2n) is 14.4. The average Bonchev–Trinajstić information content (AvgIpc) is 3.34. The van der Waals surface area contributed by atoms with Crippen molar-refractivity contribution in [3.05, 3.63) is 35.9 Å². The molecule has 0 saturated heterocycles. The Labute approximate surface area is 247 Å². The number of aliphatic hydroxyl groups is 2. The maximum absolute atomic E-state index is 14.2. The summed E-state index contributed by atoms with van der Waals surface area (Å²) in [6, 6.07) is 11.3. The van der Waals surface area contributed by atoms with Gasteiger partial charge >= 0.3 is 0 Å². The standard InChI is InChI=1S/C35H54N2O4/c1-24(9-14-33(41)37(17-19-38)18-20-39)29-12-13-30-28-11-10-26-21-27(36-23-25-7-5-4-6-8-25)15-16-34(26,2)31(28)22-32(40)35(29,30)3/h4-8,24,26-31,36,38-39H,9-23H2,1-3H3/t24-,26-,27+,28+,29-,30+,31+,34+,35-/m1/s1. The van der Waals surface area contributed by atoms with Crippen LogP contribution in [0.15, 0.2) is 30.3 Å². The quantitative estimate of drug-likeness (QED) is 0.342. The highest BCUT2D eigenvalue weighted by Gasteiger charge is 2.63. The summed E-state index contributed by atoms with van der Waals surface area (Å²) in [6.45, 7) is 8.35. The minimum atomic E-state index is -0.267. The summed E-state index contributed by atoms with van der Waals surface area (Å²) in [6.07, 6.45) is 10.4. The summed E-state index contributed by atoms with van der Waals surface area (Å²) >= 11 is 0. The maximum Gasteiger partial charge on any atom is 0.222 e. The summed E-state index contributed by atoms with van der Waals surface area (Å²) in [5.74, 6) is 3.47. The molecular formula is C35H54N2O4. The van der Waals surface area contributed by atoms with Crippen molar-refractivity contribution in [3.63, 3.8) is 0 Å². The normalized spacial score (nSPS) is 37.1. The molecule has 0 aliphatic heterocycles. The number of amides is 1. The van der Waals surface area contributed by atoms with E-state index in [-0.39, 0.29) is 43.0 Å². The van der Waals surface area contributed by atoms with Gasteiger partial charge in [0.05, 0.1) is 13.2 Å². The molecule has 41 heavy (non-hydrogen) atoms. The van der Waals surface area contributed by atoms with E-state index in [4.69, 9.17) is 0 Å². The van der Waals surface area contributed by atoms with Gasteiger partial charge in [-0.05, 0) is 97.9 Å².